The average molecular weight is 238 g/mol. The zero-order valence-electron chi connectivity index (χ0n) is 5.97. The van der Waals surface area contributed by atoms with Crippen LogP contribution in [0.4, 0.5) is 8.78 Å². The molecule has 1 heterocycles. The molecule has 0 unspecified atom stereocenters. The first-order chi connectivity index (χ1) is 5.66. The van der Waals surface area contributed by atoms with Crippen molar-refractivity contribution >= 4 is 15.9 Å². The van der Waals surface area contributed by atoms with Crippen molar-refractivity contribution in [1.82, 2.24) is 4.98 Å². The lowest BCUT2D eigenvalue weighted by molar-refractivity contribution is 0.144. The molecule has 0 bridgehead atoms. The Bertz CT molecular complexity index is 280. The Morgan fingerprint density at radius 3 is 2.75 bits per heavy atom. The highest BCUT2D eigenvalue weighted by Crippen LogP contribution is 2.27. The van der Waals surface area contributed by atoms with Gasteiger partial charge in [0, 0.05) is 6.20 Å². The van der Waals surface area contributed by atoms with E-state index in [-0.39, 0.29) is 16.8 Å². The van der Waals surface area contributed by atoms with Gasteiger partial charge < -0.3 is 5.11 Å². The summed E-state index contributed by atoms with van der Waals surface area (Å²) in [5.74, 6) is 0. The second kappa shape index (κ2) is 3.91. The Morgan fingerprint density at radius 2 is 2.25 bits per heavy atom. The van der Waals surface area contributed by atoms with Crippen LogP contribution < -0.4 is 0 Å². The van der Waals surface area contributed by atoms with Crippen molar-refractivity contribution < 1.29 is 13.9 Å². The third-order valence-electron chi connectivity index (χ3n) is 1.37. The van der Waals surface area contributed by atoms with Crippen LogP contribution in [0.25, 0.3) is 0 Å². The number of aliphatic hydroxyl groups is 1. The van der Waals surface area contributed by atoms with Gasteiger partial charge in [0.2, 0.25) is 0 Å². The first-order valence-corrected chi connectivity index (χ1v) is 3.98. The fourth-order valence-corrected chi connectivity index (χ4v) is 1.31. The number of hydrogen-bond donors (Lipinski definition) is 1. The van der Waals surface area contributed by atoms with Crippen LogP contribution in [-0.4, -0.2) is 10.1 Å². The number of halogens is 3. The molecule has 12 heavy (non-hydrogen) atoms. The molecular weight excluding hydrogens is 232 g/mol. The minimum absolute atomic E-state index is 0.183. The van der Waals surface area contributed by atoms with Crippen LogP contribution in [0.5, 0.6) is 0 Å². The van der Waals surface area contributed by atoms with Crippen LogP contribution >= 0.6 is 15.9 Å². The molecule has 1 rings (SSSR count). The Kier molecular flexibility index (Phi) is 3.11. The van der Waals surface area contributed by atoms with Crippen LogP contribution in [0, 0.1) is 0 Å². The number of rotatable bonds is 2. The molecule has 0 aromatic carbocycles. The van der Waals surface area contributed by atoms with Gasteiger partial charge in [0.25, 0.3) is 6.43 Å². The zero-order chi connectivity index (χ0) is 9.14. The van der Waals surface area contributed by atoms with Crippen molar-refractivity contribution in [1.29, 1.82) is 0 Å². The van der Waals surface area contributed by atoms with E-state index in [1.165, 1.54) is 12.3 Å². The predicted molar refractivity (Wildman–Crippen MR) is 42.8 cm³/mol. The molecule has 0 amide bonds. The molecule has 0 atom stereocenters. The van der Waals surface area contributed by atoms with Gasteiger partial charge in [0.1, 0.15) is 5.69 Å². The highest BCUT2D eigenvalue weighted by atomic mass is 79.9. The van der Waals surface area contributed by atoms with Crippen LogP contribution in [0.15, 0.2) is 16.7 Å². The maximum Gasteiger partial charge on any atom is 0.281 e. The molecular formula is C7H6BrF2NO. The summed E-state index contributed by atoms with van der Waals surface area (Å²) in [6, 6.07) is 1.48. The summed E-state index contributed by atoms with van der Waals surface area (Å²) in [4.78, 5) is 3.48. The summed E-state index contributed by atoms with van der Waals surface area (Å²) in [6.45, 7) is -0.275. The Labute approximate surface area is 76.4 Å². The van der Waals surface area contributed by atoms with Gasteiger partial charge in [-0.05, 0) is 27.6 Å². The average Bonchev–Trinajstić information content (AvgIpc) is 2.04. The third kappa shape index (κ3) is 1.78. The van der Waals surface area contributed by atoms with Crippen molar-refractivity contribution in [3.8, 4) is 0 Å². The molecule has 0 saturated heterocycles. The van der Waals surface area contributed by atoms with Crippen molar-refractivity contribution in [3.63, 3.8) is 0 Å². The summed E-state index contributed by atoms with van der Waals surface area (Å²) in [7, 11) is 0. The molecule has 0 fully saturated rings. The van der Waals surface area contributed by atoms with E-state index < -0.39 is 6.43 Å². The lowest BCUT2D eigenvalue weighted by Crippen LogP contribution is -1.95. The van der Waals surface area contributed by atoms with Crippen molar-refractivity contribution in [3.05, 3.63) is 28.0 Å². The van der Waals surface area contributed by atoms with Crippen LogP contribution in [0.2, 0.25) is 0 Å². The summed E-state index contributed by atoms with van der Waals surface area (Å²) in [5.41, 5.74) is 0.0850. The maximum atomic E-state index is 12.2. The van der Waals surface area contributed by atoms with E-state index >= 15 is 0 Å². The molecule has 0 radical (unpaired) electrons. The molecule has 0 aliphatic rings. The number of pyridine rings is 1. The van der Waals surface area contributed by atoms with Gasteiger partial charge in [0.15, 0.2) is 0 Å². The SMILES string of the molecule is OCc1ccnc(C(F)F)c1Br. The minimum atomic E-state index is -2.62. The lowest BCUT2D eigenvalue weighted by Gasteiger charge is -2.04. The molecule has 2 nitrogen and oxygen atoms in total. The zero-order valence-corrected chi connectivity index (χ0v) is 7.55. The summed E-state index contributed by atoms with van der Waals surface area (Å²) in [6.07, 6.45) is -1.37. The minimum Gasteiger partial charge on any atom is -0.392 e. The number of alkyl halides is 2. The Balaban J connectivity index is 3.14. The number of nitrogens with zero attached hydrogens (tertiary/aromatic N) is 1. The third-order valence-corrected chi connectivity index (χ3v) is 2.29. The lowest BCUT2D eigenvalue weighted by atomic mass is 10.2. The van der Waals surface area contributed by atoms with Crippen molar-refractivity contribution in [2.75, 3.05) is 0 Å². The summed E-state index contributed by atoms with van der Waals surface area (Å²) >= 11 is 2.94. The first-order valence-electron chi connectivity index (χ1n) is 3.19. The van der Waals surface area contributed by atoms with Crippen LogP contribution in [0.1, 0.15) is 17.7 Å². The maximum absolute atomic E-state index is 12.2. The summed E-state index contributed by atoms with van der Waals surface area (Å²) < 4.78 is 24.5. The first kappa shape index (κ1) is 9.54. The topological polar surface area (TPSA) is 33.1 Å². The van der Waals surface area contributed by atoms with E-state index in [9.17, 15) is 8.78 Å². The van der Waals surface area contributed by atoms with E-state index in [0.717, 1.165) is 0 Å². The fourth-order valence-electron chi connectivity index (χ4n) is 0.776. The normalized spacial score (nSPS) is 10.8. The van der Waals surface area contributed by atoms with E-state index in [1.807, 2.05) is 0 Å². The fraction of sp³-hybridized carbons (Fsp3) is 0.286. The van der Waals surface area contributed by atoms with Crippen molar-refractivity contribution in [2.45, 2.75) is 13.0 Å². The van der Waals surface area contributed by atoms with Crippen LogP contribution in [0.3, 0.4) is 0 Å². The van der Waals surface area contributed by atoms with Crippen molar-refractivity contribution in [2.24, 2.45) is 0 Å². The molecule has 0 aliphatic carbocycles. The van der Waals surface area contributed by atoms with E-state index in [2.05, 4.69) is 20.9 Å². The highest BCUT2D eigenvalue weighted by molar-refractivity contribution is 9.10. The molecule has 5 heteroatoms. The molecule has 1 aromatic rings. The van der Waals surface area contributed by atoms with Gasteiger partial charge in [0.05, 0.1) is 11.1 Å². The molecule has 0 spiro atoms. The molecule has 1 aromatic heterocycles. The molecule has 1 N–H and O–H groups in total. The Morgan fingerprint density at radius 1 is 1.58 bits per heavy atom. The standard InChI is InChI=1S/C7H6BrF2NO/c8-5-4(3-12)1-2-11-6(5)7(9)10/h1-2,7,12H,3H2. The largest absolute Gasteiger partial charge is 0.392 e. The summed E-state index contributed by atoms with van der Waals surface area (Å²) in [5, 5.41) is 8.72. The molecule has 0 saturated carbocycles. The Hall–Kier alpha value is -0.550. The number of hydrogen-bond acceptors (Lipinski definition) is 2. The van der Waals surface area contributed by atoms with Gasteiger partial charge in [-0.15, -0.1) is 0 Å². The molecule has 66 valence electrons. The smallest absolute Gasteiger partial charge is 0.281 e. The van der Waals surface area contributed by atoms with Crippen LogP contribution in [-0.2, 0) is 6.61 Å². The second-order valence-corrected chi connectivity index (χ2v) is 2.92. The second-order valence-electron chi connectivity index (χ2n) is 2.13. The van der Waals surface area contributed by atoms with E-state index in [1.54, 1.807) is 0 Å². The van der Waals surface area contributed by atoms with Gasteiger partial charge in [-0.3, -0.25) is 4.98 Å². The van der Waals surface area contributed by atoms with Gasteiger partial charge >= 0.3 is 0 Å². The van der Waals surface area contributed by atoms with E-state index in [0.29, 0.717) is 5.56 Å². The van der Waals surface area contributed by atoms with Gasteiger partial charge in [-0.1, -0.05) is 0 Å². The van der Waals surface area contributed by atoms with Gasteiger partial charge in [-0.25, -0.2) is 8.78 Å². The van der Waals surface area contributed by atoms with Gasteiger partial charge in [-0.2, -0.15) is 0 Å². The monoisotopic (exact) mass is 237 g/mol. The predicted octanol–water partition coefficient (Wildman–Crippen LogP) is 2.27. The molecule has 0 aliphatic heterocycles. The quantitative estimate of drug-likeness (QED) is 0.857. The van der Waals surface area contributed by atoms with E-state index in [4.69, 9.17) is 5.11 Å². The highest BCUT2D eigenvalue weighted by Gasteiger charge is 2.14. The number of aromatic nitrogens is 1. The number of aliphatic hydroxyl groups excluding tert-OH is 1.